The standard InChI is InChI=1S/C18H22N2O5/c1-12(25-18(22)14-6-5-9-20(14)2)17(21)19-11-13-7-8-15(23-3)16(10-13)24-4/h5-10,12H,11H2,1-4H3,(H,19,21)/t12-/m1/s1. The minimum absolute atomic E-state index is 0.283. The van der Waals surface area contributed by atoms with Gasteiger partial charge in [0.25, 0.3) is 5.91 Å². The van der Waals surface area contributed by atoms with E-state index >= 15 is 0 Å². The van der Waals surface area contributed by atoms with Crippen LogP contribution in [-0.4, -0.2) is 36.8 Å². The van der Waals surface area contributed by atoms with E-state index in [1.165, 1.54) is 6.92 Å². The van der Waals surface area contributed by atoms with Crippen LogP contribution in [-0.2, 0) is 23.1 Å². The van der Waals surface area contributed by atoms with Crippen LogP contribution in [0.1, 0.15) is 23.0 Å². The lowest BCUT2D eigenvalue weighted by Crippen LogP contribution is -2.35. The van der Waals surface area contributed by atoms with E-state index in [2.05, 4.69) is 5.32 Å². The molecule has 2 aromatic rings. The monoisotopic (exact) mass is 346 g/mol. The summed E-state index contributed by atoms with van der Waals surface area (Å²) in [5, 5.41) is 2.73. The van der Waals surface area contributed by atoms with E-state index in [9.17, 15) is 9.59 Å². The lowest BCUT2D eigenvalue weighted by Gasteiger charge is -2.14. The Morgan fingerprint density at radius 1 is 1.16 bits per heavy atom. The molecule has 0 saturated carbocycles. The van der Waals surface area contributed by atoms with Crippen molar-refractivity contribution in [3.63, 3.8) is 0 Å². The molecule has 25 heavy (non-hydrogen) atoms. The fraction of sp³-hybridized carbons (Fsp3) is 0.333. The first-order chi connectivity index (χ1) is 12.0. The van der Waals surface area contributed by atoms with Gasteiger partial charge in [0.05, 0.1) is 14.2 Å². The largest absolute Gasteiger partial charge is 0.493 e. The Bertz CT molecular complexity index is 754. The number of benzene rings is 1. The Balaban J connectivity index is 1.91. The van der Waals surface area contributed by atoms with Crippen LogP contribution in [0.2, 0.25) is 0 Å². The highest BCUT2D eigenvalue weighted by Gasteiger charge is 2.20. The highest BCUT2D eigenvalue weighted by Crippen LogP contribution is 2.27. The summed E-state index contributed by atoms with van der Waals surface area (Å²) in [5.74, 6) is 0.276. The molecule has 2 rings (SSSR count). The van der Waals surface area contributed by atoms with Crippen LogP contribution in [0.4, 0.5) is 0 Å². The molecule has 7 heteroatoms. The Labute approximate surface area is 146 Å². The van der Waals surface area contributed by atoms with Crippen molar-refractivity contribution in [1.82, 2.24) is 9.88 Å². The van der Waals surface area contributed by atoms with Gasteiger partial charge in [-0.25, -0.2) is 4.79 Å². The van der Waals surface area contributed by atoms with Crippen molar-refractivity contribution in [3.05, 3.63) is 47.8 Å². The molecule has 1 amide bonds. The molecule has 0 spiro atoms. The number of carbonyl (C=O) groups is 2. The maximum absolute atomic E-state index is 12.1. The van der Waals surface area contributed by atoms with Crippen molar-refractivity contribution in [2.75, 3.05) is 14.2 Å². The number of nitrogens with zero attached hydrogens (tertiary/aromatic N) is 1. The minimum Gasteiger partial charge on any atom is -0.493 e. The highest BCUT2D eigenvalue weighted by atomic mass is 16.5. The molecule has 0 bridgehead atoms. The average Bonchev–Trinajstić information content (AvgIpc) is 3.05. The van der Waals surface area contributed by atoms with E-state index in [-0.39, 0.29) is 12.5 Å². The van der Waals surface area contributed by atoms with Crippen molar-refractivity contribution >= 4 is 11.9 Å². The SMILES string of the molecule is COc1ccc(CNC(=O)[C@@H](C)OC(=O)c2cccn2C)cc1OC. The highest BCUT2D eigenvalue weighted by molar-refractivity contribution is 5.90. The van der Waals surface area contributed by atoms with Gasteiger partial charge in [0.2, 0.25) is 0 Å². The molecule has 0 aliphatic rings. The van der Waals surface area contributed by atoms with Crippen LogP contribution in [0.15, 0.2) is 36.5 Å². The number of nitrogens with one attached hydrogen (secondary N) is 1. The van der Waals surface area contributed by atoms with Gasteiger partial charge < -0.3 is 24.1 Å². The number of aromatic nitrogens is 1. The molecule has 1 heterocycles. The number of hydrogen-bond acceptors (Lipinski definition) is 5. The normalized spacial score (nSPS) is 11.5. The number of esters is 1. The molecule has 0 radical (unpaired) electrons. The molecule has 0 aliphatic heterocycles. The summed E-state index contributed by atoms with van der Waals surface area (Å²) in [5.41, 5.74) is 1.23. The van der Waals surface area contributed by atoms with E-state index in [0.717, 1.165) is 5.56 Å². The van der Waals surface area contributed by atoms with E-state index in [0.29, 0.717) is 17.2 Å². The molecule has 0 fully saturated rings. The molecular formula is C18H22N2O5. The lowest BCUT2D eigenvalue weighted by atomic mass is 10.2. The van der Waals surface area contributed by atoms with Gasteiger partial charge in [-0.15, -0.1) is 0 Å². The van der Waals surface area contributed by atoms with Gasteiger partial charge in [0.15, 0.2) is 17.6 Å². The summed E-state index contributed by atoms with van der Waals surface area (Å²) in [6.07, 6.45) is 0.834. The van der Waals surface area contributed by atoms with Crippen molar-refractivity contribution < 1.29 is 23.8 Å². The number of aryl methyl sites for hydroxylation is 1. The zero-order chi connectivity index (χ0) is 18.4. The molecule has 0 saturated heterocycles. The number of ether oxygens (including phenoxy) is 3. The van der Waals surface area contributed by atoms with Crippen molar-refractivity contribution in [2.45, 2.75) is 19.6 Å². The maximum atomic E-state index is 12.1. The van der Waals surface area contributed by atoms with Gasteiger partial charge in [-0.3, -0.25) is 4.79 Å². The maximum Gasteiger partial charge on any atom is 0.355 e. The number of hydrogen-bond donors (Lipinski definition) is 1. The van der Waals surface area contributed by atoms with Crippen LogP contribution >= 0.6 is 0 Å². The molecule has 1 aromatic carbocycles. The summed E-state index contributed by atoms with van der Waals surface area (Å²) in [4.78, 5) is 24.1. The number of carbonyl (C=O) groups excluding carboxylic acids is 2. The molecule has 7 nitrogen and oxygen atoms in total. The van der Waals surface area contributed by atoms with Crippen molar-refractivity contribution in [1.29, 1.82) is 0 Å². The molecule has 0 aliphatic carbocycles. The molecule has 1 aromatic heterocycles. The topological polar surface area (TPSA) is 78.8 Å². The second-order valence-electron chi connectivity index (χ2n) is 5.46. The third-order valence-electron chi connectivity index (χ3n) is 3.72. The van der Waals surface area contributed by atoms with E-state index in [1.54, 1.807) is 56.3 Å². The zero-order valence-corrected chi connectivity index (χ0v) is 14.7. The number of rotatable bonds is 7. The van der Waals surface area contributed by atoms with E-state index < -0.39 is 12.1 Å². The smallest absolute Gasteiger partial charge is 0.355 e. The minimum atomic E-state index is -0.900. The first-order valence-electron chi connectivity index (χ1n) is 7.77. The summed E-state index contributed by atoms with van der Waals surface area (Å²) in [6.45, 7) is 1.82. The predicted molar refractivity (Wildman–Crippen MR) is 91.7 cm³/mol. The van der Waals surface area contributed by atoms with E-state index in [1.807, 2.05) is 6.07 Å². The molecule has 1 N–H and O–H groups in total. The van der Waals surface area contributed by atoms with Crippen molar-refractivity contribution in [3.8, 4) is 11.5 Å². The van der Waals surface area contributed by atoms with Gasteiger partial charge in [-0.1, -0.05) is 6.07 Å². The van der Waals surface area contributed by atoms with Crippen LogP contribution in [0.25, 0.3) is 0 Å². The first kappa shape index (κ1) is 18.4. The lowest BCUT2D eigenvalue weighted by molar-refractivity contribution is -0.129. The van der Waals surface area contributed by atoms with Crippen molar-refractivity contribution in [2.24, 2.45) is 7.05 Å². The Morgan fingerprint density at radius 2 is 1.88 bits per heavy atom. The summed E-state index contributed by atoms with van der Waals surface area (Å²) in [7, 11) is 4.84. The zero-order valence-electron chi connectivity index (χ0n) is 14.7. The number of methoxy groups -OCH3 is 2. The Morgan fingerprint density at radius 3 is 2.48 bits per heavy atom. The average molecular weight is 346 g/mol. The van der Waals surface area contributed by atoms with Gasteiger partial charge in [-0.2, -0.15) is 0 Å². The quantitative estimate of drug-likeness (QED) is 0.775. The molecule has 1 atom stereocenters. The fourth-order valence-electron chi connectivity index (χ4n) is 2.27. The molecular weight excluding hydrogens is 324 g/mol. The van der Waals surface area contributed by atoms with Gasteiger partial charge in [0, 0.05) is 19.8 Å². The second-order valence-corrected chi connectivity index (χ2v) is 5.46. The van der Waals surface area contributed by atoms with Crippen LogP contribution < -0.4 is 14.8 Å². The Hall–Kier alpha value is -2.96. The number of amides is 1. The Kier molecular flexibility index (Phi) is 6.05. The van der Waals surface area contributed by atoms with Gasteiger partial charge in [0.1, 0.15) is 5.69 Å². The third-order valence-corrected chi connectivity index (χ3v) is 3.72. The molecule has 0 unspecified atom stereocenters. The molecule has 134 valence electrons. The van der Waals surface area contributed by atoms with Crippen LogP contribution in [0.3, 0.4) is 0 Å². The second kappa shape index (κ2) is 8.23. The van der Waals surface area contributed by atoms with Crippen LogP contribution in [0, 0.1) is 0 Å². The summed E-state index contributed by atoms with van der Waals surface area (Å²) in [6, 6.07) is 8.73. The first-order valence-corrected chi connectivity index (χ1v) is 7.77. The summed E-state index contributed by atoms with van der Waals surface area (Å²) >= 11 is 0. The van der Waals surface area contributed by atoms with E-state index in [4.69, 9.17) is 14.2 Å². The van der Waals surface area contributed by atoms with Gasteiger partial charge in [-0.05, 0) is 36.8 Å². The third kappa shape index (κ3) is 4.53. The summed E-state index contributed by atoms with van der Waals surface area (Å²) < 4.78 is 17.2. The fourth-order valence-corrected chi connectivity index (χ4v) is 2.27. The predicted octanol–water partition coefficient (Wildman–Crippen LogP) is 1.90. The van der Waals surface area contributed by atoms with Gasteiger partial charge >= 0.3 is 5.97 Å². The van der Waals surface area contributed by atoms with Crippen LogP contribution in [0.5, 0.6) is 11.5 Å².